The Bertz CT molecular complexity index is 203. The molecule has 0 heterocycles. The van der Waals surface area contributed by atoms with Crippen molar-refractivity contribution in [3.63, 3.8) is 0 Å². The summed E-state index contributed by atoms with van der Waals surface area (Å²) in [6.07, 6.45) is 0.445. The summed E-state index contributed by atoms with van der Waals surface area (Å²) in [4.78, 5) is 0. The molecular formula is C14H31NO2. The number of hydrogen-bond donors (Lipinski definition) is 2. The summed E-state index contributed by atoms with van der Waals surface area (Å²) in [5.41, 5.74) is 0.0418. The fraction of sp³-hybridized carbons (Fsp3) is 1.00. The second-order valence-corrected chi connectivity index (χ2v) is 6.88. The summed E-state index contributed by atoms with van der Waals surface area (Å²) in [5.74, 6) is 0. The van der Waals surface area contributed by atoms with Gasteiger partial charge in [-0.05, 0) is 24.2 Å². The van der Waals surface area contributed by atoms with Crippen LogP contribution in [0.4, 0.5) is 0 Å². The molecule has 0 amide bonds. The molecule has 0 aromatic carbocycles. The van der Waals surface area contributed by atoms with Crippen molar-refractivity contribution in [2.45, 2.75) is 67.0 Å². The highest BCUT2D eigenvalue weighted by molar-refractivity contribution is 4.85. The lowest BCUT2D eigenvalue weighted by atomic mass is 9.78. The number of aliphatic hydroxyl groups is 1. The number of nitrogens with one attached hydrogen (secondary N) is 1. The van der Waals surface area contributed by atoms with E-state index in [1.165, 1.54) is 0 Å². The molecule has 0 aromatic heterocycles. The first-order chi connectivity index (χ1) is 7.59. The van der Waals surface area contributed by atoms with Crippen LogP contribution in [0.2, 0.25) is 0 Å². The largest absolute Gasteiger partial charge is 0.393 e. The van der Waals surface area contributed by atoms with Crippen LogP contribution in [0.15, 0.2) is 0 Å². The van der Waals surface area contributed by atoms with Gasteiger partial charge in [-0.2, -0.15) is 0 Å². The molecule has 0 fully saturated rings. The monoisotopic (exact) mass is 245 g/mol. The number of aliphatic hydroxyl groups excluding tert-OH is 1. The maximum absolute atomic E-state index is 10.2. The van der Waals surface area contributed by atoms with Gasteiger partial charge in [0.1, 0.15) is 0 Å². The van der Waals surface area contributed by atoms with Gasteiger partial charge in [0.25, 0.3) is 0 Å². The first-order valence-corrected chi connectivity index (χ1v) is 6.58. The molecule has 2 N–H and O–H groups in total. The SMILES string of the molecule is CCOCNC(CC(O)C(C)(C)C)C(C)(C)C. The van der Waals surface area contributed by atoms with Gasteiger partial charge < -0.3 is 9.84 Å². The summed E-state index contributed by atoms with van der Waals surface area (Å²) in [6.45, 7) is 16.0. The van der Waals surface area contributed by atoms with E-state index in [-0.39, 0.29) is 23.0 Å². The third kappa shape index (κ3) is 7.02. The highest BCUT2D eigenvalue weighted by Gasteiger charge is 2.31. The molecular weight excluding hydrogens is 214 g/mol. The smallest absolute Gasteiger partial charge is 0.0967 e. The third-order valence-corrected chi connectivity index (χ3v) is 3.14. The van der Waals surface area contributed by atoms with Crippen LogP contribution in [-0.4, -0.2) is 30.6 Å². The van der Waals surface area contributed by atoms with Gasteiger partial charge in [-0.15, -0.1) is 0 Å². The van der Waals surface area contributed by atoms with Crippen molar-refractivity contribution < 1.29 is 9.84 Å². The van der Waals surface area contributed by atoms with Crippen molar-refractivity contribution in [2.24, 2.45) is 10.8 Å². The molecule has 0 aliphatic carbocycles. The van der Waals surface area contributed by atoms with Crippen LogP contribution in [0.1, 0.15) is 54.9 Å². The molecule has 0 spiro atoms. The Hall–Kier alpha value is -0.120. The fourth-order valence-electron chi connectivity index (χ4n) is 1.58. The Labute approximate surface area is 107 Å². The first-order valence-electron chi connectivity index (χ1n) is 6.58. The van der Waals surface area contributed by atoms with Gasteiger partial charge in [0.15, 0.2) is 0 Å². The van der Waals surface area contributed by atoms with Crippen LogP contribution >= 0.6 is 0 Å². The minimum Gasteiger partial charge on any atom is -0.393 e. The zero-order valence-corrected chi connectivity index (χ0v) is 12.6. The molecule has 0 bridgehead atoms. The maximum atomic E-state index is 10.2. The molecule has 0 saturated heterocycles. The molecule has 3 nitrogen and oxygen atoms in total. The molecule has 0 aromatic rings. The third-order valence-electron chi connectivity index (χ3n) is 3.14. The van der Waals surface area contributed by atoms with Gasteiger partial charge in [0.2, 0.25) is 0 Å². The van der Waals surface area contributed by atoms with Crippen LogP contribution in [0.5, 0.6) is 0 Å². The lowest BCUT2D eigenvalue weighted by Crippen LogP contribution is -2.45. The van der Waals surface area contributed by atoms with Crippen LogP contribution < -0.4 is 5.32 Å². The summed E-state index contributed by atoms with van der Waals surface area (Å²) < 4.78 is 5.33. The molecule has 0 aliphatic heterocycles. The van der Waals surface area contributed by atoms with Crippen LogP contribution in [0, 0.1) is 10.8 Å². The van der Waals surface area contributed by atoms with Crippen LogP contribution in [0.25, 0.3) is 0 Å². The average molecular weight is 245 g/mol. The number of hydrogen-bond acceptors (Lipinski definition) is 3. The van der Waals surface area contributed by atoms with E-state index in [1.807, 2.05) is 6.92 Å². The number of rotatable bonds is 6. The predicted molar refractivity (Wildman–Crippen MR) is 73.0 cm³/mol. The lowest BCUT2D eigenvalue weighted by Gasteiger charge is -2.36. The quantitative estimate of drug-likeness (QED) is 0.558. The molecule has 3 heteroatoms. The summed E-state index contributed by atoms with van der Waals surface area (Å²) in [7, 11) is 0. The highest BCUT2D eigenvalue weighted by atomic mass is 16.5. The van der Waals surface area contributed by atoms with E-state index in [0.717, 1.165) is 6.42 Å². The van der Waals surface area contributed by atoms with Gasteiger partial charge in [-0.3, -0.25) is 5.32 Å². The van der Waals surface area contributed by atoms with E-state index < -0.39 is 0 Å². The fourth-order valence-corrected chi connectivity index (χ4v) is 1.58. The zero-order valence-electron chi connectivity index (χ0n) is 12.6. The molecule has 2 unspecified atom stereocenters. The molecule has 0 radical (unpaired) electrons. The van der Waals surface area contributed by atoms with Crippen LogP contribution in [0.3, 0.4) is 0 Å². The van der Waals surface area contributed by atoms with E-state index in [9.17, 15) is 5.11 Å². The van der Waals surface area contributed by atoms with E-state index >= 15 is 0 Å². The van der Waals surface area contributed by atoms with E-state index in [1.54, 1.807) is 0 Å². The topological polar surface area (TPSA) is 41.5 Å². The molecule has 2 atom stereocenters. The van der Waals surface area contributed by atoms with Crippen molar-refractivity contribution in [1.82, 2.24) is 5.32 Å². The molecule has 0 rings (SSSR count). The lowest BCUT2D eigenvalue weighted by molar-refractivity contribution is 0.0217. The standard InChI is InChI=1S/C14H31NO2/c1-8-17-10-15-11(13(2,3)4)9-12(16)14(5,6)7/h11-12,15-16H,8-10H2,1-7H3. The Balaban J connectivity index is 4.40. The first kappa shape index (κ1) is 16.9. The van der Waals surface area contributed by atoms with Crippen LogP contribution in [-0.2, 0) is 4.74 Å². The second-order valence-electron chi connectivity index (χ2n) is 6.88. The minimum absolute atomic E-state index is 0.0726. The van der Waals surface area contributed by atoms with Crippen molar-refractivity contribution >= 4 is 0 Å². The van der Waals surface area contributed by atoms with Crippen molar-refractivity contribution in [2.75, 3.05) is 13.3 Å². The maximum Gasteiger partial charge on any atom is 0.0967 e. The normalized spacial score (nSPS) is 16.9. The predicted octanol–water partition coefficient (Wildman–Crippen LogP) is 2.78. The highest BCUT2D eigenvalue weighted by Crippen LogP contribution is 2.29. The van der Waals surface area contributed by atoms with Gasteiger partial charge in [-0.25, -0.2) is 0 Å². The van der Waals surface area contributed by atoms with Gasteiger partial charge in [-0.1, -0.05) is 41.5 Å². The summed E-state index contributed by atoms with van der Waals surface area (Å²) >= 11 is 0. The van der Waals surface area contributed by atoms with Crippen molar-refractivity contribution in [3.05, 3.63) is 0 Å². The second kappa shape index (κ2) is 6.72. The van der Waals surface area contributed by atoms with E-state index in [2.05, 4.69) is 46.9 Å². The summed E-state index contributed by atoms with van der Waals surface area (Å²) in [6, 6.07) is 0.253. The van der Waals surface area contributed by atoms with Gasteiger partial charge in [0, 0.05) is 12.6 Å². The minimum atomic E-state index is -0.305. The van der Waals surface area contributed by atoms with E-state index in [0.29, 0.717) is 13.3 Å². The Morgan fingerprint density at radius 1 is 1.06 bits per heavy atom. The molecule has 0 aliphatic rings. The molecule has 104 valence electrons. The number of ether oxygens (including phenoxy) is 1. The Morgan fingerprint density at radius 2 is 1.59 bits per heavy atom. The Kier molecular flexibility index (Phi) is 6.67. The van der Waals surface area contributed by atoms with Crippen molar-refractivity contribution in [3.8, 4) is 0 Å². The van der Waals surface area contributed by atoms with Crippen molar-refractivity contribution in [1.29, 1.82) is 0 Å². The molecule has 17 heavy (non-hydrogen) atoms. The molecule has 0 saturated carbocycles. The zero-order chi connectivity index (χ0) is 13.7. The van der Waals surface area contributed by atoms with Gasteiger partial charge in [0.05, 0.1) is 12.8 Å². The Morgan fingerprint density at radius 3 is 1.94 bits per heavy atom. The van der Waals surface area contributed by atoms with E-state index in [4.69, 9.17) is 4.74 Å². The van der Waals surface area contributed by atoms with Gasteiger partial charge >= 0.3 is 0 Å². The summed E-state index contributed by atoms with van der Waals surface area (Å²) in [5, 5.41) is 13.6. The average Bonchev–Trinajstić information content (AvgIpc) is 2.13.